The fraction of sp³-hybridized carbons (Fsp3) is 0.833. The Kier molecular flexibility index (Phi) is 13.0. The minimum absolute atomic E-state index is 1.33. The van der Waals surface area contributed by atoms with Gasteiger partial charge in [0.15, 0.2) is 0 Å². The summed E-state index contributed by atoms with van der Waals surface area (Å²) < 4.78 is 6.90. The standard InChI is InChI=1S/C12H17S3.3C4H9.Sn/c1-2-3-4-5-6-10-12-11(9-15-10)13-7-8-14-12;3*1-3-4-2;/h2-8H2,1H3;3*1,3-4H2,2H3;. The monoisotopic (exact) mass is 548 g/mol. The Balaban J connectivity index is 2.37. The van der Waals surface area contributed by atoms with E-state index in [-0.39, 0.29) is 0 Å². The van der Waals surface area contributed by atoms with E-state index in [4.69, 9.17) is 0 Å². The van der Waals surface area contributed by atoms with Crippen molar-refractivity contribution in [3.63, 3.8) is 0 Å². The van der Waals surface area contributed by atoms with Crippen molar-refractivity contribution in [3.05, 3.63) is 4.88 Å². The van der Waals surface area contributed by atoms with Crippen LogP contribution < -0.4 is 2.89 Å². The van der Waals surface area contributed by atoms with Crippen molar-refractivity contribution in [3.8, 4) is 0 Å². The van der Waals surface area contributed by atoms with Gasteiger partial charge in [0, 0.05) is 0 Å². The Morgan fingerprint density at radius 2 is 1.18 bits per heavy atom. The molecule has 0 spiro atoms. The Hall–Kier alpha value is 1.20. The summed E-state index contributed by atoms with van der Waals surface area (Å²) >= 11 is 4.51. The van der Waals surface area contributed by atoms with Crippen LogP contribution in [-0.4, -0.2) is 29.9 Å². The molecule has 0 saturated heterocycles. The molecular weight excluding hydrogens is 503 g/mol. The molecule has 28 heavy (non-hydrogen) atoms. The first-order valence-electron chi connectivity index (χ1n) is 12.1. The molecule has 1 aromatic heterocycles. The molecule has 0 unspecified atom stereocenters. The number of thiophene rings is 1. The molecule has 0 saturated carbocycles. The second kappa shape index (κ2) is 14.3. The molecule has 2 rings (SSSR count). The number of aryl methyl sites for hydroxylation is 1. The van der Waals surface area contributed by atoms with E-state index in [0.29, 0.717) is 0 Å². The molecule has 0 fully saturated rings. The van der Waals surface area contributed by atoms with Gasteiger partial charge in [-0.05, 0) is 0 Å². The van der Waals surface area contributed by atoms with Gasteiger partial charge in [-0.15, -0.1) is 0 Å². The van der Waals surface area contributed by atoms with Gasteiger partial charge in [-0.25, -0.2) is 0 Å². The molecule has 0 radical (unpaired) electrons. The van der Waals surface area contributed by atoms with Crippen molar-refractivity contribution in [2.45, 2.75) is 121 Å². The molecule has 0 aliphatic carbocycles. The van der Waals surface area contributed by atoms with Gasteiger partial charge in [-0.2, -0.15) is 0 Å². The number of unbranched alkanes of at least 4 members (excludes halogenated alkanes) is 6. The summed E-state index contributed by atoms with van der Waals surface area (Å²) in [6.45, 7) is 9.55. The molecule has 1 aliphatic rings. The second-order valence-corrected chi connectivity index (χ2v) is 26.0. The Morgan fingerprint density at radius 1 is 0.643 bits per heavy atom. The summed E-state index contributed by atoms with van der Waals surface area (Å²) in [6.07, 6.45) is 15.6. The summed E-state index contributed by atoms with van der Waals surface area (Å²) in [7, 11) is 0. The third-order valence-electron chi connectivity index (χ3n) is 6.23. The van der Waals surface area contributed by atoms with E-state index < -0.39 is 18.4 Å². The average Bonchev–Trinajstić information content (AvgIpc) is 3.10. The third-order valence-corrected chi connectivity index (χ3v) is 29.2. The van der Waals surface area contributed by atoms with Crippen LogP contribution in [0.4, 0.5) is 0 Å². The zero-order valence-electron chi connectivity index (χ0n) is 19.0. The molecule has 0 aromatic carbocycles. The summed E-state index contributed by atoms with van der Waals surface area (Å²) in [5.74, 6) is 2.67. The van der Waals surface area contributed by atoms with Crippen LogP contribution in [0.15, 0.2) is 9.79 Å². The van der Waals surface area contributed by atoms with E-state index in [0.717, 1.165) is 0 Å². The van der Waals surface area contributed by atoms with Crippen molar-refractivity contribution in [2.75, 3.05) is 11.5 Å². The predicted molar refractivity (Wildman–Crippen MR) is 138 cm³/mol. The zero-order chi connectivity index (χ0) is 20.2. The van der Waals surface area contributed by atoms with Gasteiger partial charge in [-0.3, -0.25) is 0 Å². The first kappa shape index (κ1) is 25.5. The normalized spacial score (nSPS) is 14.4. The summed E-state index contributed by atoms with van der Waals surface area (Å²) in [5.41, 5.74) is 0. The van der Waals surface area contributed by atoms with Crippen LogP contribution in [0.25, 0.3) is 0 Å². The average molecular weight is 548 g/mol. The van der Waals surface area contributed by atoms with Gasteiger partial charge >= 0.3 is 194 Å². The molecule has 0 amide bonds. The first-order chi connectivity index (χ1) is 13.7. The number of hydrogen-bond acceptors (Lipinski definition) is 3. The van der Waals surface area contributed by atoms with Crippen LogP contribution in [0.1, 0.15) is 96.8 Å². The minimum atomic E-state index is -2.30. The maximum atomic E-state index is 2.41. The van der Waals surface area contributed by atoms with Crippen LogP contribution in [0.5, 0.6) is 0 Å². The fourth-order valence-electron chi connectivity index (χ4n) is 4.50. The van der Waals surface area contributed by atoms with E-state index in [2.05, 4.69) is 62.6 Å². The first-order valence-corrected chi connectivity index (χ1v) is 22.4. The van der Waals surface area contributed by atoms with Crippen molar-refractivity contribution in [1.29, 1.82) is 0 Å². The van der Waals surface area contributed by atoms with Gasteiger partial charge in [-0.1, -0.05) is 0 Å². The molecule has 0 atom stereocenters. The van der Waals surface area contributed by atoms with Crippen LogP contribution in [0, 0.1) is 0 Å². The molecule has 0 bridgehead atoms. The quantitative estimate of drug-likeness (QED) is 0.159. The van der Waals surface area contributed by atoms with Gasteiger partial charge < -0.3 is 0 Å². The Labute approximate surface area is 192 Å². The van der Waals surface area contributed by atoms with E-state index in [1.165, 1.54) is 82.1 Å². The molecule has 1 aliphatic heterocycles. The second-order valence-electron chi connectivity index (χ2n) is 8.61. The van der Waals surface area contributed by atoms with Crippen molar-refractivity contribution in [2.24, 2.45) is 0 Å². The maximum absolute atomic E-state index is 2.41. The van der Waals surface area contributed by atoms with Crippen molar-refractivity contribution < 1.29 is 0 Å². The molecule has 0 N–H and O–H groups in total. The van der Waals surface area contributed by atoms with Crippen LogP contribution in [-0.2, 0) is 6.42 Å². The van der Waals surface area contributed by atoms with Crippen LogP contribution in [0.3, 0.4) is 0 Å². The molecule has 4 heteroatoms. The van der Waals surface area contributed by atoms with E-state index in [1.54, 1.807) is 23.1 Å². The molecular formula is C24H44S3Sn. The van der Waals surface area contributed by atoms with Crippen LogP contribution >= 0.6 is 34.9 Å². The topological polar surface area (TPSA) is 0 Å². The van der Waals surface area contributed by atoms with Gasteiger partial charge in [0.1, 0.15) is 0 Å². The third kappa shape index (κ3) is 7.12. The SMILES string of the molecule is CCCCCCc1s[c]([Sn]([CH2]CCC)([CH2]CCC)[CH2]CCC)c2c1SCCS2. The van der Waals surface area contributed by atoms with E-state index in [9.17, 15) is 0 Å². The summed E-state index contributed by atoms with van der Waals surface area (Å²) in [4.78, 5) is 5.38. The zero-order valence-corrected chi connectivity index (χ0v) is 24.3. The van der Waals surface area contributed by atoms with Crippen molar-refractivity contribution in [1.82, 2.24) is 0 Å². The van der Waals surface area contributed by atoms with E-state index in [1.807, 2.05) is 7.79 Å². The Morgan fingerprint density at radius 3 is 1.71 bits per heavy atom. The number of rotatable bonds is 15. The number of fused-ring (bicyclic) bond motifs is 1. The predicted octanol–water partition coefficient (Wildman–Crippen LogP) is 9.12. The van der Waals surface area contributed by atoms with Gasteiger partial charge in [0.2, 0.25) is 0 Å². The van der Waals surface area contributed by atoms with Crippen LogP contribution in [0.2, 0.25) is 13.3 Å². The molecule has 162 valence electrons. The summed E-state index contributed by atoms with van der Waals surface area (Å²) in [6, 6.07) is 0. The number of hydrogen-bond donors (Lipinski definition) is 0. The number of thioether (sulfide) groups is 2. The summed E-state index contributed by atoms with van der Waals surface area (Å²) in [5, 5.41) is 0. The van der Waals surface area contributed by atoms with Crippen molar-refractivity contribution >= 4 is 56.1 Å². The Bertz CT molecular complexity index is 531. The molecule has 1 aromatic rings. The van der Waals surface area contributed by atoms with E-state index >= 15 is 0 Å². The molecule has 2 heterocycles. The molecule has 0 nitrogen and oxygen atoms in total. The fourth-order valence-corrected chi connectivity index (χ4v) is 30.6. The van der Waals surface area contributed by atoms with Gasteiger partial charge in [0.25, 0.3) is 0 Å². The van der Waals surface area contributed by atoms with Gasteiger partial charge in [0.05, 0.1) is 0 Å².